The van der Waals surface area contributed by atoms with Crippen molar-refractivity contribution in [3.05, 3.63) is 23.8 Å². The molecule has 0 saturated carbocycles. The maximum atomic E-state index is 11.6. The largest absolute Gasteiger partial charge is 0.506 e. The smallest absolute Gasteiger partial charge is 0.299 e. The van der Waals surface area contributed by atoms with Crippen LogP contribution in [0.15, 0.2) is 18.2 Å². The van der Waals surface area contributed by atoms with Crippen LogP contribution in [0, 0.1) is 0 Å². The standard InChI is InChI=1S/C11H18N2O3S/c1-4-9-5-6-11(14)10(7-9)13-17(15,16)12-8(2)3/h5-8,12-14H,4H2,1-3H3. The number of rotatable bonds is 5. The van der Waals surface area contributed by atoms with Crippen LogP contribution in [-0.2, 0) is 16.6 Å². The Bertz CT molecular complexity index is 483. The first kappa shape index (κ1) is 13.8. The maximum Gasteiger partial charge on any atom is 0.299 e. The zero-order chi connectivity index (χ0) is 13.1. The summed E-state index contributed by atoms with van der Waals surface area (Å²) >= 11 is 0. The number of hydrogen-bond donors (Lipinski definition) is 3. The molecule has 0 aliphatic rings. The molecule has 5 nitrogen and oxygen atoms in total. The summed E-state index contributed by atoms with van der Waals surface area (Å²) in [7, 11) is -3.64. The van der Waals surface area contributed by atoms with Crippen LogP contribution in [0.1, 0.15) is 26.3 Å². The van der Waals surface area contributed by atoms with Crippen LogP contribution < -0.4 is 9.44 Å². The van der Waals surface area contributed by atoms with Gasteiger partial charge < -0.3 is 5.11 Å². The Kier molecular flexibility index (Phi) is 4.36. The van der Waals surface area contributed by atoms with Crippen molar-refractivity contribution in [1.82, 2.24) is 4.72 Å². The average molecular weight is 258 g/mol. The normalized spacial score (nSPS) is 11.8. The first-order chi connectivity index (χ1) is 7.84. The van der Waals surface area contributed by atoms with Gasteiger partial charge in [0.1, 0.15) is 5.75 Å². The van der Waals surface area contributed by atoms with Gasteiger partial charge in [0, 0.05) is 6.04 Å². The molecule has 0 bridgehead atoms. The predicted octanol–water partition coefficient (Wildman–Crippen LogP) is 1.61. The zero-order valence-corrected chi connectivity index (χ0v) is 11.0. The number of anilines is 1. The maximum absolute atomic E-state index is 11.6. The Morgan fingerprint density at radius 3 is 2.53 bits per heavy atom. The van der Waals surface area contributed by atoms with Gasteiger partial charge in [-0.2, -0.15) is 13.1 Å². The molecule has 1 aromatic carbocycles. The second kappa shape index (κ2) is 5.37. The SMILES string of the molecule is CCc1ccc(O)c(NS(=O)(=O)NC(C)C)c1. The zero-order valence-electron chi connectivity index (χ0n) is 10.2. The molecule has 6 heteroatoms. The lowest BCUT2D eigenvalue weighted by molar-refractivity contribution is 0.477. The molecule has 1 rings (SSSR count). The van der Waals surface area contributed by atoms with E-state index in [2.05, 4.69) is 9.44 Å². The van der Waals surface area contributed by atoms with E-state index in [9.17, 15) is 13.5 Å². The van der Waals surface area contributed by atoms with Gasteiger partial charge >= 0.3 is 0 Å². The summed E-state index contributed by atoms with van der Waals surface area (Å²) in [6.45, 7) is 5.40. The molecular formula is C11H18N2O3S. The number of phenolic OH excluding ortho intramolecular Hbond substituents is 1. The molecule has 0 unspecified atom stereocenters. The quantitative estimate of drug-likeness (QED) is 0.702. The fraction of sp³-hybridized carbons (Fsp3) is 0.455. The fourth-order valence-corrected chi connectivity index (χ4v) is 2.50. The first-order valence-corrected chi connectivity index (χ1v) is 6.94. The Labute approximate surface area is 102 Å². The van der Waals surface area contributed by atoms with Crippen LogP contribution in [0.25, 0.3) is 0 Å². The van der Waals surface area contributed by atoms with Gasteiger partial charge in [-0.25, -0.2) is 0 Å². The summed E-state index contributed by atoms with van der Waals surface area (Å²) in [6.07, 6.45) is 0.770. The van der Waals surface area contributed by atoms with Gasteiger partial charge in [0.15, 0.2) is 0 Å². The van der Waals surface area contributed by atoms with Gasteiger partial charge in [-0.15, -0.1) is 0 Å². The summed E-state index contributed by atoms with van der Waals surface area (Å²) in [6, 6.07) is 4.65. The summed E-state index contributed by atoms with van der Waals surface area (Å²) in [5.41, 5.74) is 1.14. The monoisotopic (exact) mass is 258 g/mol. The second-order valence-corrected chi connectivity index (χ2v) is 5.53. The Hall–Kier alpha value is -1.27. The fourth-order valence-electron chi connectivity index (χ4n) is 1.37. The number of benzene rings is 1. The molecule has 0 atom stereocenters. The van der Waals surface area contributed by atoms with Crippen molar-refractivity contribution in [1.29, 1.82) is 0 Å². The second-order valence-electron chi connectivity index (χ2n) is 4.08. The van der Waals surface area contributed by atoms with Crippen molar-refractivity contribution >= 4 is 15.9 Å². The highest BCUT2D eigenvalue weighted by molar-refractivity contribution is 7.90. The predicted molar refractivity (Wildman–Crippen MR) is 68.3 cm³/mol. The van der Waals surface area contributed by atoms with E-state index >= 15 is 0 Å². The highest BCUT2D eigenvalue weighted by Gasteiger charge is 2.13. The van der Waals surface area contributed by atoms with Crippen molar-refractivity contribution in [2.45, 2.75) is 33.2 Å². The average Bonchev–Trinajstić information content (AvgIpc) is 2.19. The Balaban J connectivity index is 2.94. The lowest BCUT2D eigenvalue weighted by atomic mass is 10.1. The van der Waals surface area contributed by atoms with E-state index in [0.29, 0.717) is 0 Å². The molecule has 1 aromatic rings. The summed E-state index contributed by atoms with van der Waals surface area (Å²) < 4.78 is 27.9. The van der Waals surface area contributed by atoms with Gasteiger partial charge in [0.05, 0.1) is 5.69 Å². The molecule has 0 heterocycles. The lowest BCUT2D eigenvalue weighted by Gasteiger charge is -2.13. The van der Waals surface area contributed by atoms with E-state index in [1.165, 1.54) is 6.07 Å². The molecule has 0 fully saturated rings. The van der Waals surface area contributed by atoms with E-state index < -0.39 is 10.2 Å². The van der Waals surface area contributed by atoms with E-state index in [1.54, 1.807) is 26.0 Å². The van der Waals surface area contributed by atoms with Crippen LogP contribution in [0.5, 0.6) is 5.75 Å². The van der Waals surface area contributed by atoms with Crippen molar-refractivity contribution < 1.29 is 13.5 Å². The van der Waals surface area contributed by atoms with Crippen molar-refractivity contribution in [2.75, 3.05) is 4.72 Å². The van der Waals surface area contributed by atoms with Gasteiger partial charge in [0.25, 0.3) is 10.2 Å². The minimum atomic E-state index is -3.64. The van der Waals surface area contributed by atoms with Gasteiger partial charge in [-0.1, -0.05) is 13.0 Å². The lowest BCUT2D eigenvalue weighted by Crippen LogP contribution is -2.35. The molecule has 0 radical (unpaired) electrons. The number of aryl methyl sites for hydroxylation is 1. The Morgan fingerprint density at radius 1 is 1.35 bits per heavy atom. The molecule has 0 amide bonds. The summed E-state index contributed by atoms with van der Waals surface area (Å²) in [5.74, 6) is -0.0867. The number of hydrogen-bond acceptors (Lipinski definition) is 3. The number of aromatic hydroxyl groups is 1. The van der Waals surface area contributed by atoms with Gasteiger partial charge in [-0.05, 0) is 38.0 Å². The number of phenols is 1. The van der Waals surface area contributed by atoms with Crippen LogP contribution in [-0.4, -0.2) is 19.6 Å². The molecule has 96 valence electrons. The molecule has 0 aromatic heterocycles. The first-order valence-electron chi connectivity index (χ1n) is 5.46. The van der Waals surface area contributed by atoms with Crippen LogP contribution in [0.2, 0.25) is 0 Å². The minimum Gasteiger partial charge on any atom is -0.506 e. The topological polar surface area (TPSA) is 78.4 Å². The molecular weight excluding hydrogens is 240 g/mol. The van der Waals surface area contributed by atoms with Crippen LogP contribution >= 0.6 is 0 Å². The highest BCUT2D eigenvalue weighted by Crippen LogP contribution is 2.25. The molecule has 0 spiro atoms. The third-order valence-electron chi connectivity index (χ3n) is 2.10. The van der Waals surface area contributed by atoms with E-state index in [0.717, 1.165) is 12.0 Å². The van der Waals surface area contributed by atoms with Gasteiger partial charge in [-0.3, -0.25) is 4.72 Å². The van der Waals surface area contributed by atoms with Crippen LogP contribution in [0.4, 0.5) is 5.69 Å². The van der Waals surface area contributed by atoms with Crippen molar-refractivity contribution in [3.8, 4) is 5.75 Å². The van der Waals surface area contributed by atoms with Gasteiger partial charge in [0.2, 0.25) is 0 Å². The number of nitrogens with one attached hydrogen (secondary N) is 2. The van der Waals surface area contributed by atoms with E-state index in [1.807, 2.05) is 6.92 Å². The minimum absolute atomic E-state index is 0.0867. The van der Waals surface area contributed by atoms with Crippen molar-refractivity contribution in [3.63, 3.8) is 0 Å². The van der Waals surface area contributed by atoms with Crippen molar-refractivity contribution in [2.24, 2.45) is 0 Å². The third-order valence-corrected chi connectivity index (χ3v) is 3.37. The molecule has 3 N–H and O–H groups in total. The third kappa shape index (κ3) is 4.24. The molecule has 0 saturated heterocycles. The Morgan fingerprint density at radius 2 is 2.00 bits per heavy atom. The molecule has 17 heavy (non-hydrogen) atoms. The molecule has 0 aliphatic carbocycles. The highest BCUT2D eigenvalue weighted by atomic mass is 32.2. The van der Waals surface area contributed by atoms with Crippen LogP contribution in [0.3, 0.4) is 0 Å². The summed E-state index contributed by atoms with van der Waals surface area (Å²) in [5, 5.41) is 9.57. The van der Waals surface area contributed by atoms with E-state index in [4.69, 9.17) is 0 Å². The summed E-state index contributed by atoms with van der Waals surface area (Å²) in [4.78, 5) is 0. The molecule has 0 aliphatic heterocycles. The van der Waals surface area contributed by atoms with E-state index in [-0.39, 0.29) is 17.5 Å².